The lowest BCUT2D eigenvalue weighted by molar-refractivity contribution is -0.116. The minimum Gasteiger partial charge on any atom is -0.374 e. The van der Waals surface area contributed by atoms with Crippen LogP contribution in [0.25, 0.3) is 0 Å². The van der Waals surface area contributed by atoms with E-state index in [1.165, 1.54) is 11.6 Å². The van der Waals surface area contributed by atoms with Crippen LogP contribution in [0.4, 0.5) is 15.8 Å². The molecule has 1 heterocycles. The first kappa shape index (κ1) is 12.7. The fourth-order valence-electron chi connectivity index (χ4n) is 2.47. The molecule has 2 aromatic rings. The van der Waals surface area contributed by atoms with Crippen LogP contribution in [0.1, 0.15) is 5.56 Å². The Hall–Kier alpha value is -2.36. The van der Waals surface area contributed by atoms with Crippen molar-refractivity contribution >= 4 is 17.3 Å². The minimum atomic E-state index is -0.345. The molecule has 0 fully saturated rings. The molecule has 3 rings (SSSR count). The van der Waals surface area contributed by atoms with Crippen molar-refractivity contribution in [1.82, 2.24) is 0 Å². The van der Waals surface area contributed by atoms with E-state index in [1.807, 2.05) is 24.3 Å². The van der Waals surface area contributed by atoms with E-state index in [2.05, 4.69) is 5.32 Å². The number of fused-ring (bicyclic) bond motifs is 1. The molecule has 0 unspecified atom stereocenters. The largest absolute Gasteiger partial charge is 0.374 e. The summed E-state index contributed by atoms with van der Waals surface area (Å²) < 4.78 is 13.5. The highest BCUT2D eigenvalue weighted by Crippen LogP contribution is 2.27. The zero-order valence-electron chi connectivity index (χ0n) is 11.0. The van der Waals surface area contributed by atoms with Crippen LogP contribution in [0.2, 0.25) is 0 Å². The second kappa shape index (κ2) is 5.33. The molecule has 0 saturated carbocycles. The van der Waals surface area contributed by atoms with Gasteiger partial charge in [0.1, 0.15) is 5.82 Å². The van der Waals surface area contributed by atoms with E-state index in [1.54, 1.807) is 23.1 Å². The van der Waals surface area contributed by atoms with Gasteiger partial charge < -0.3 is 10.2 Å². The number of amides is 1. The van der Waals surface area contributed by atoms with E-state index in [9.17, 15) is 9.18 Å². The van der Waals surface area contributed by atoms with Gasteiger partial charge in [-0.1, -0.05) is 30.3 Å². The quantitative estimate of drug-likeness (QED) is 0.930. The predicted octanol–water partition coefficient (Wildman–Crippen LogP) is 2.83. The number of carbonyl (C=O) groups excluding carboxylic acids is 1. The highest BCUT2D eigenvalue weighted by molar-refractivity contribution is 5.98. The van der Waals surface area contributed by atoms with Gasteiger partial charge in [-0.05, 0) is 30.2 Å². The third kappa shape index (κ3) is 2.37. The highest BCUT2D eigenvalue weighted by atomic mass is 19.1. The maximum atomic E-state index is 13.5. The maximum absolute atomic E-state index is 13.5. The molecule has 0 aliphatic carbocycles. The molecule has 2 aromatic carbocycles. The Balaban J connectivity index is 1.68. The number of benzene rings is 2. The van der Waals surface area contributed by atoms with Crippen molar-refractivity contribution in [3.8, 4) is 0 Å². The van der Waals surface area contributed by atoms with Gasteiger partial charge in [-0.3, -0.25) is 4.79 Å². The smallest absolute Gasteiger partial charge is 0.246 e. The van der Waals surface area contributed by atoms with Crippen LogP contribution in [-0.2, 0) is 11.2 Å². The molecule has 3 nitrogen and oxygen atoms in total. The molecule has 0 bridgehead atoms. The Morgan fingerprint density at radius 3 is 2.75 bits per heavy atom. The van der Waals surface area contributed by atoms with Crippen LogP contribution >= 0.6 is 0 Å². The maximum Gasteiger partial charge on any atom is 0.246 e. The zero-order chi connectivity index (χ0) is 13.9. The lowest BCUT2D eigenvalue weighted by atomic mass is 10.2. The Morgan fingerprint density at radius 2 is 1.90 bits per heavy atom. The fraction of sp³-hybridized carbons (Fsp3) is 0.188. The third-order valence-electron chi connectivity index (χ3n) is 3.49. The van der Waals surface area contributed by atoms with Crippen molar-refractivity contribution in [2.75, 3.05) is 23.3 Å². The Bertz CT molecular complexity index is 642. The molecule has 1 N–H and O–H groups in total. The summed E-state index contributed by atoms with van der Waals surface area (Å²) in [7, 11) is 0. The van der Waals surface area contributed by atoms with Crippen molar-refractivity contribution in [3.63, 3.8) is 0 Å². The van der Waals surface area contributed by atoms with Crippen molar-refractivity contribution in [3.05, 3.63) is 59.9 Å². The van der Waals surface area contributed by atoms with E-state index in [-0.39, 0.29) is 18.3 Å². The van der Waals surface area contributed by atoms with Crippen molar-refractivity contribution in [2.24, 2.45) is 0 Å². The van der Waals surface area contributed by atoms with Gasteiger partial charge in [0.15, 0.2) is 0 Å². The van der Waals surface area contributed by atoms with Crippen LogP contribution in [0.5, 0.6) is 0 Å². The van der Waals surface area contributed by atoms with Gasteiger partial charge in [0.25, 0.3) is 0 Å². The van der Waals surface area contributed by atoms with Crippen molar-refractivity contribution in [1.29, 1.82) is 0 Å². The summed E-state index contributed by atoms with van der Waals surface area (Å²) in [6, 6.07) is 14.2. The Labute approximate surface area is 117 Å². The molecule has 1 amide bonds. The average molecular weight is 270 g/mol. The summed E-state index contributed by atoms with van der Waals surface area (Å²) in [5, 5.41) is 2.85. The fourth-order valence-corrected chi connectivity index (χ4v) is 2.47. The SMILES string of the molecule is O=C(CNc1ccccc1F)N1CCc2ccccc21. The monoisotopic (exact) mass is 270 g/mol. The first-order chi connectivity index (χ1) is 9.75. The Kier molecular flexibility index (Phi) is 3.37. The van der Waals surface area contributed by atoms with Gasteiger partial charge in [-0.15, -0.1) is 0 Å². The molecule has 4 heteroatoms. The Morgan fingerprint density at radius 1 is 1.15 bits per heavy atom. The summed E-state index contributed by atoms with van der Waals surface area (Å²) in [6.45, 7) is 0.784. The molecule has 1 aliphatic heterocycles. The summed E-state index contributed by atoms with van der Waals surface area (Å²) in [6.07, 6.45) is 0.877. The standard InChI is InChI=1S/C16H15FN2O/c17-13-6-2-3-7-14(13)18-11-16(20)19-10-9-12-5-1-4-8-15(12)19/h1-8,18H,9-11H2. The molecule has 0 atom stereocenters. The number of anilines is 2. The van der Waals surface area contributed by atoms with Gasteiger partial charge in [0, 0.05) is 12.2 Å². The number of hydrogen-bond acceptors (Lipinski definition) is 2. The van der Waals surface area contributed by atoms with E-state index in [4.69, 9.17) is 0 Å². The first-order valence-corrected chi connectivity index (χ1v) is 6.62. The second-order valence-corrected chi connectivity index (χ2v) is 4.76. The number of rotatable bonds is 3. The van der Waals surface area contributed by atoms with E-state index >= 15 is 0 Å². The van der Waals surface area contributed by atoms with E-state index in [0.29, 0.717) is 12.2 Å². The number of nitrogens with one attached hydrogen (secondary N) is 1. The molecule has 0 saturated heterocycles. The predicted molar refractivity (Wildman–Crippen MR) is 77.4 cm³/mol. The van der Waals surface area contributed by atoms with Crippen LogP contribution in [0, 0.1) is 5.82 Å². The molecule has 0 aromatic heterocycles. The molecular formula is C16H15FN2O. The van der Waals surface area contributed by atoms with Crippen LogP contribution in [0.15, 0.2) is 48.5 Å². The van der Waals surface area contributed by atoms with Gasteiger partial charge in [-0.25, -0.2) is 4.39 Å². The van der Waals surface area contributed by atoms with Crippen molar-refractivity contribution < 1.29 is 9.18 Å². The van der Waals surface area contributed by atoms with Crippen LogP contribution < -0.4 is 10.2 Å². The highest BCUT2D eigenvalue weighted by Gasteiger charge is 2.23. The minimum absolute atomic E-state index is 0.0433. The summed E-state index contributed by atoms with van der Waals surface area (Å²) in [4.78, 5) is 14.0. The molecular weight excluding hydrogens is 255 g/mol. The summed E-state index contributed by atoms with van der Waals surface area (Å²) in [5.41, 5.74) is 2.51. The molecule has 20 heavy (non-hydrogen) atoms. The lowest BCUT2D eigenvalue weighted by Gasteiger charge is -2.18. The van der Waals surface area contributed by atoms with Crippen LogP contribution in [-0.4, -0.2) is 19.0 Å². The van der Waals surface area contributed by atoms with Gasteiger partial charge >= 0.3 is 0 Å². The molecule has 0 radical (unpaired) electrons. The lowest BCUT2D eigenvalue weighted by Crippen LogP contribution is -2.34. The first-order valence-electron chi connectivity index (χ1n) is 6.62. The summed E-state index contributed by atoms with van der Waals surface area (Å²) in [5.74, 6) is -0.389. The summed E-state index contributed by atoms with van der Waals surface area (Å²) >= 11 is 0. The van der Waals surface area contributed by atoms with Crippen molar-refractivity contribution in [2.45, 2.75) is 6.42 Å². The van der Waals surface area contributed by atoms with Crippen LogP contribution in [0.3, 0.4) is 0 Å². The number of carbonyl (C=O) groups is 1. The second-order valence-electron chi connectivity index (χ2n) is 4.76. The third-order valence-corrected chi connectivity index (χ3v) is 3.49. The molecule has 0 spiro atoms. The molecule has 102 valence electrons. The number of halogens is 1. The van der Waals surface area contributed by atoms with Gasteiger partial charge in [-0.2, -0.15) is 0 Å². The number of para-hydroxylation sites is 2. The number of nitrogens with zero attached hydrogens (tertiary/aromatic N) is 1. The molecule has 1 aliphatic rings. The number of hydrogen-bond donors (Lipinski definition) is 1. The van der Waals surface area contributed by atoms with Gasteiger partial charge in [0.05, 0.1) is 12.2 Å². The zero-order valence-corrected chi connectivity index (χ0v) is 11.0. The topological polar surface area (TPSA) is 32.3 Å². The van der Waals surface area contributed by atoms with E-state index in [0.717, 1.165) is 12.1 Å². The van der Waals surface area contributed by atoms with E-state index < -0.39 is 0 Å². The normalized spacial score (nSPS) is 13.2. The van der Waals surface area contributed by atoms with Gasteiger partial charge in [0.2, 0.25) is 5.91 Å². The average Bonchev–Trinajstić information content (AvgIpc) is 2.90.